The molecule has 0 aliphatic heterocycles. The molecular weight excluding hydrogens is 343 g/mol. The van der Waals surface area contributed by atoms with Gasteiger partial charge in [0, 0.05) is 13.2 Å². The third-order valence-electron chi connectivity index (χ3n) is 2.42. The van der Waals surface area contributed by atoms with E-state index in [1.807, 2.05) is 0 Å². The SMILES string of the molecule is Cn1c(SCC(=O)Nc2ccc(Cl)cn2)nnc1C(F)(F)F. The number of carbonyl (C=O) groups is 1. The number of rotatable bonds is 4. The maximum atomic E-state index is 12.6. The van der Waals surface area contributed by atoms with Gasteiger partial charge in [-0.3, -0.25) is 4.79 Å². The molecule has 118 valence electrons. The summed E-state index contributed by atoms with van der Waals surface area (Å²) in [6, 6.07) is 3.06. The molecule has 0 aromatic carbocycles. The summed E-state index contributed by atoms with van der Waals surface area (Å²) >= 11 is 6.49. The lowest BCUT2D eigenvalue weighted by molar-refractivity contribution is -0.147. The van der Waals surface area contributed by atoms with Crippen LogP contribution in [0.1, 0.15) is 5.82 Å². The molecule has 0 saturated carbocycles. The summed E-state index contributed by atoms with van der Waals surface area (Å²) in [5, 5.41) is 9.38. The lowest BCUT2D eigenvalue weighted by Gasteiger charge is -2.06. The quantitative estimate of drug-likeness (QED) is 0.857. The van der Waals surface area contributed by atoms with Gasteiger partial charge in [0.2, 0.25) is 11.7 Å². The van der Waals surface area contributed by atoms with Crippen molar-refractivity contribution in [1.29, 1.82) is 0 Å². The van der Waals surface area contributed by atoms with Gasteiger partial charge in [0.25, 0.3) is 0 Å². The third kappa shape index (κ3) is 4.10. The number of hydrogen-bond acceptors (Lipinski definition) is 5. The Kier molecular flexibility index (Phi) is 4.91. The minimum absolute atomic E-state index is 0.00783. The van der Waals surface area contributed by atoms with Gasteiger partial charge in [0.15, 0.2) is 5.16 Å². The van der Waals surface area contributed by atoms with E-state index in [2.05, 4.69) is 20.5 Å². The van der Waals surface area contributed by atoms with E-state index in [4.69, 9.17) is 11.6 Å². The van der Waals surface area contributed by atoms with Crippen LogP contribution in [0.4, 0.5) is 19.0 Å². The molecule has 0 fully saturated rings. The van der Waals surface area contributed by atoms with Crippen LogP contribution in [0, 0.1) is 0 Å². The van der Waals surface area contributed by atoms with Crippen LogP contribution < -0.4 is 5.32 Å². The highest BCUT2D eigenvalue weighted by molar-refractivity contribution is 7.99. The fourth-order valence-corrected chi connectivity index (χ4v) is 2.27. The van der Waals surface area contributed by atoms with E-state index < -0.39 is 17.9 Å². The van der Waals surface area contributed by atoms with E-state index in [0.29, 0.717) is 10.8 Å². The van der Waals surface area contributed by atoms with Crippen LogP contribution in [-0.2, 0) is 18.0 Å². The molecule has 0 bridgehead atoms. The van der Waals surface area contributed by atoms with Crippen LogP contribution in [-0.4, -0.2) is 31.4 Å². The predicted octanol–water partition coefficient (Wildman–Crippen LogP) is 2.61. The van der Waals surface area contributed by atoms with Crippen molar-refractivity contribution in [2.45, 2.75) is 11.3 Å². The first kappa shape index (κ1) is 16.6. The number of hydrogen-bond donors (Lipinski definition) is 1. The smallest absolute Gasteiger partial charge is 0.310 e. The Morgan fingerprint density at radius 2 is 2.14 bits per heavy atom. The number of thioether (sulfide) groups is 1. The number of aromatic nitrogens is 4. The molecule has 11 heteroatoms. The van der Waals surface area contributed by atoms with Crippen LogP contribution in [0.25, 0.3) is 0 Å². The Bertz CT molecular complexity index is 673. The van der Waals surface area contributed by atoms with E-state index in [1.54, 1.807) is 6.07 Å². The van der Waals surface area contributed by atoms with Crippen molar-refractivity contribution in [1.82, 2.24) is 19.7 Å². The van der Waals surface area contributed by atoms with Crippen LogP contribution in [0.2, 0.25) is 5.02 Å². The summed E-state index contributed by atoms with van der Waals surface area (Å²) in [5.74, 6) is -1.39. The molecule has 2 aromatic rings. The molecule has 0 radical (unpaired) electrons. The zero-order valence-corrected chi connectivity index (χ0v) is 12.6. The molecule has 2 heterocycles. The summed E-state index contributed by atoms with van der Waals surface area (Å²) in [5.41, 5.74) is 0. The second-order valence-corrected chi connectivity index (χ2v) is 5.44. The van der Waals surface area contributed by atoms with E-state index in [-0.39, 0.29) is 10.9 Å². The van der Waals surface area contributed by atoms with Gasteiger partial charge in [-0.15, -0.1) is 10.2 Å². The third-order valence-corrected chi connectivity index (χ3v) is 3.66. The number of nitrogens with one attached hydrogen (secondary N) is 1. The van der Waals surface area contributed by atoms with Gasteiger partial charge in [-0.2, -0.15) is 13.2 Å². The average molecular weight is 352 g/mol. The van der Waals surface area contributed by atoms with Gasteiger partial charge in [-0.25, -0.2) is 4.98 Å². The van der Waals surface area contributed by atoms with Gasteiger partial charge < -0.3 is 9.88 Å². The molecule has 0 atom stereocenters. The van der Waals surface area contributed by atoms with Crippen molar-refractivity contribution in [3.8, 4) is 0 Å². The Morgan fingerprint density at radius 3 is 2.68 bits per heavy atom. The van der Waals surface area contributed by atoms with Gasteiger partial charge in [-0.05, 0) is 12.1 Å². The Balaban J connectivity index is 1.94. The summed E-state index contributed by atoms with van der Waals surface area (Å²) in [4.78, 5) is 15.6. The highest BCUT2D eigenvalue weighted by Gasteiger charge is 2.37. The summed E-state index contributed by atoms with van der Waals surface area (Å²) in [7, 11) is 1.18. The summed E-state index contributed by atoms with van der Waals surface area (Å²) in [6.45, 7) is 0. The van der Waals surface area contributed by atoms with E-state index >= 15 is 0 Å². The Hall–Kier alpha value is -1.81. The van der Waals surface area contributed by atoms with E-state index in [9.17, 15) is 18.0 Å². The highest BCUT2D eigenvalue weighted by atomic mass is 35.5. The number of anilines is 1. The van der Waals surface area contributed by atoms with Gasteiger partial charge in [-0.1, -0.05) is 23.4 Å². The Morgan fingerprint density at radius 1 is 1.41 bits per heavy atom. The first-order chi connectivity index (χ1) is 10.3. The zero-order chi connectivity index (χ0) is 16.3. The minimum atomic E-state index is -4.59. The van der Waals surface area contributed by atoms with Crippen molar-refractivity contribution in [2.75, 3.05) is 11.1 Å². The van der Waals surface area contributed by atoms with Crippen molar-refractivity contribution >= 4 is 35.1 Å². The fraction of sp³-hybridized carbons (Fsp3) is 0.273. The summed E-state index contributed by atoms with van der Waals surface area (Å²) < 4.78 is 38.4. The molecule has 22 heavy (non-hydrogen) atoms. The van der Waals surface area contributed by atoms with Crippen molar-refractivity contribution in [2.24, 2.45) is 7.05 Å². The fourth-order valence-electron chi connectivity index (χ4n) is 1.45. The number of pyridine rings is 1. The highest BCUT2D eigenvalue weighted by Crippen LogP contribution is 2.29. The maximum Gasteiger partial charge on any atom is 0.451 e. The number of alkyl halides is 3. The zero-order valence-electron chi connectivity index (χ0n) is 11.1. The summed E-state index contributed by atoms with van der Waals surface area (Å²) in [6.07, 6.45) is -3.22. The molecular formula is C11H9ClF3N5OS. The molecule has 1 amide bonds. The number of amides is 1. The molecule has 6 nitrogen and oxygen atoms in total. The predicted molar refractivity (Wildman–Crippen MR) is 74.6 cm³/mol. The van der Waals surface area contributed by atoms with Crippen LogP contribution in [0.3, 0.4) is 0 Å². The Labute approximate surface area is 132 Å². The standard InChI is InChI=1S/C11H9ClF3N5OS/c1-20-9(11(13,14)15)18-19-10(20)22-5-8(21)17-7-3-2-6(12)4-16-7/h2-4H,5H2,1H3,(H,16,17,21). The molecule has 2 aromatic heterocycles. The number of halogens is 4. The number of carbonyl (C=O) groups excluding carboxylic acids is 1. The largest absolute Gasteiger partial charge is 0.451 e. The molecule has 2 rings (SSSR count). The monoisotopic (exact) mass is 351 g/mol. The second-order valence-electron chi connectivity index (χ2n) is 4.06. The van der Waals surface area contributed by atoms with Crippen molar-refractivity contribution < 1.29 is 18.0 Å². The number of nitrogens with zero attached hydrogens (tertiary/aromatic N) is 4. The maximum absolute atomic E-state index is 12.6. The lowest BCUT2D eigenvalue weighted by Crippen LogP contribution is -2.16. The minimum Gasteiger partial charge on any atom is -0.310 e. The second kappa shape index (κ2) is 6.53. The van der Waals surface area contributed by atoms with Gasteiger partial charge in [0.1, 0.15) is 5.82 Å². The van der Waals surface area contributed by atoms with Crippen LogP contribution >= 0.6 is 23.4 Å². The van der Waals surface area contributed by atoms with Crippen LogP contribution in [0.5, 0.6) is 0 Å². The van der Waals surface area contributed by atoms with Crippen molar-refractivity contribution in [3.05, 3.63) is 29.2 Å². The van der Waals surface area contributed by atoms with E-state index in [1.165, 1.54) is 19.3 Å². The average Bonchev–Trinajstić information content (AvgIpc) is 2.80. The lowest BCUT2D eigenvalue weighted by atomic mass is 10.4. The molecule has 1 N–H and O–H groups in total. The first-order valence-electron chi connectivity index (χ1n) is 5.78. The van der Waals surface area contributed by atoms with Crippen molar-refractivity contribution in [3.63, 3.8) is 0 Å². The first-order valence-corrected chi connectivity index (χ1v) is 7.14. The molecule has 0 aliphatic carbocycles. The molecule has 0 spiro atoms. The van der Waals surface area contributed by atoms with Crippen LogP contribution in [0.15, 0.2) is 23.5 Å². The molecule has 0 aliphatic rings. The van der Waals surface area contributed by atoms with Gasteiger partial charge >= 0.3 is 6.18 Å². The topological polar surface area (TPSA) is 72.7 Å². The van der Waals surface area contributed by atoms with E-state index in [0.717, 1.165) is 16.3 Å². The molecule has 0 saturated heterocycles. The normalized spacial score (nSPS) is 11.5. The van der Waals surface area contributed by atoms with Gasteiger partial charge in [0.05, 0.1) is 10.8 Å². The molecule has 0 unspecified atom stereocenters.